The molecule has 0 radical (unpaired) electrons. The number of rotatable bonds is 5. The van der Waals surface area contributed by atoms with Crippen LogP contribution in [-0.4, -0.2) is 46.5 Å². The molecule has 6 heteroatoms. The third-order valence-corrected chi connectivity index (χ3v) is 6.52. The van der Waals surface area contributed by atoms with Gasteiger partial charge in [-0.1, -0.05) is 0 Å². The van der Waals surface area contributed by atoms with Gasteiger partial charge >= 0.3 is 0 Å². The fraction of sp³-hybridized carbons (Fsp3) is 0.556. The van der Waals surface area contributed by atoms with E-state index in [1.54, 1.807) is 16.7 Å². The van der Waals surface area contributed by atoms with Crippen molar-refractivity contribution in [1.29, 1.82) is 0 Å². The molecule has 2 amide bonds. The summed E-state index contributed by atoms with van der Waals surface area (Å²) in [5.74, 6) is 0.683. The molecule has 2 aliphatic rings. The lowest BCUT2D eigenvalue weighted by molar-refractivity contribution is -0.135. The minimum atomic E-state index is -0.363. The number of nitrogens with one attached hydrogen (secondary N) is 1. The SMILES string of the molecule is CCN(CC)c1ccc(NC(=O)[C@@H]2CS[C@@]3(C)CCC(=O)N23)cc1. The smallest absolute Gasteiger partial charge is 0.248 e. The molecule has 2 aliphatic heterocycles. The number of carbonyl (C=O) groups excluding carboxylic acids is 2. The molecule has 0 bridgehead atoms. The zero-order chi connectivity index (χ0) is 17.3. The van der Waals surface area contributed by atoms with E-state index < -0.39 is 0 Å². The molecule has 5 nitrogen and oxygen atoms in total. The number of nitrogens with zero attached hydrogens (tertiary/aromatic N) is 2. The van der Waals surface area contributed by atoms with Crippen LogP contribution in [0.1, 0.15) is 33.6 Å². The number of amides is 2. The third kappa shape index (κ3) is 2.99. The molecule has 0 saturated carbocycles. The summed E-state index contributed by atoms with van der Waals surface area (Å²) in [6, 6.07) is 7.54. The van der Waals surface area contributed by atoms with Crippen molar-refractivity contribution in [3.8, 4) is 0 Å². The molecule has 2 atom stereocenters. The van der Waals surface area contributed by atoms with Crippen LogP contribution in [0, 0.1) is 0 Å². The Hall–Kier alpha value is -1.69. The number of thioether (sulfide) groups is 1. The maximum atomic E-state index is 12.6. The van der Waals surface area contributed by atoms with E-state index in [2.05, 4.69) is 31.0 Å². The number of hydrogen-bond acceptors (Lipinski definition) is 4. The van der Waals surface area contributed by atoms with Gasteiger partial charge in [0, 0.05) is 36.6 Å². The highest BCUT2D eigenvalue weighted by Gasteiger charge is 2.52. The fourth-order valence-corrected chi connectivity index (χ4v) is 5.02. The van der Waals surface area contributed by atoms with Gasteiger partial charge in [-0.25, -0.2) is 0 Å². The molecule has 130 valence electrons. The van der Waals surface area contributed by atoms with Crippen LogP contribution in [0.4, 0.5) is 11.4 Å². The fourth-order valence-electron chi connectivity index (χ4n) is 3.58. The van der Waals surface area contributed by atoms with E-state index in [4.69, 9.17) is 0 Å². The molecule has 0 spiro atoms. The second-order valence-electron chi connectivity index (χ2n) is 6.47. The molecule has 1 aromatic rings. The third-order valence-electron chi connectivity index (χ3n) is 5.01. The van der Waals surface area contributed by atoms with Crippen LogP contribution in [0.25, 0.3) is 0 Å². The Kier molecular flexibility index (Phi) is 4.76. The summed E-state index contributed by atoms with van der Waals surface area (Å²) < 4.78 is 0. The first kappa shape index (κ1) is 17.1. The predicted octanol–water partition coefficient (Wildman–Crippen LogP) is 2.93. The Balaban J connectivity index is 1.68. The Morgan fingerprint density at radius 1 is 1.33 bits per heavy atom. The van der Waals surface area contributed by atoms with Crippen LogP contribution in [0.3, 0.4) is 0 Å². The van der Waals surface area contributed by atoms with Crippen LogP contribution in [-0.2, 0) is 9.59 Å². The van der Waals surface area contributed by atoms with Crippen molar-refractivity contribution in [3.05, 3.63) is 24.3 Å². The van der Waals surface area contributed by atoms with Gasteiger partial charge in [0.1, 0.15) is 6.04 Å². The minimum absolute atomic E-state index is 0.0861. The lowest BCUT2D eigenvalue weighted by atomic mass is 10.2. The maximum Gasteiger partial charge on any atom is 0.248 e. The monoisotopic (exact) mass is 347 g/mol. The van der Waals surface area contributed by atoms with Gasteiger partial charge in [0.25, 0.3) is 0 Å². The van der Waals surface area contributed by atoms with Crippen molar-refractivity contribution in [1.82, 2.24) is 4.90 Å². The van der Waals surface area contributed by atoms with Crippen molar-refractivity contribution in [3.63, 3.8) is 0 Å². The van der Waals surface area contributed by atoms with E-state index in [9.17, 15) is 9.59 Å². The molecule has 0 unspecified atom stereocenters. The number of carbonyl (C=O) groups is 2. The summed E-state index contributed by atoms with van der Waals surface area (Å²) in [6.45, 7) is 8.23. The van der Waals surface area contributed by atoms with Gasteiger partial charge in [0.15, 0.2) is 0 Å². The maximum absolute atomic E-state index is 12.6. The van der Waals surface area contributed by atoms with Gasteiger partial charge in [0.05, 0.1) is 4.87 Å². The van der Waals surface area contributed by atoms with Crippen LogP contribution >= 0.6 is 11.8 Å². The lowest BCUT2D eigenvalue weighted by Gasteiger charge is -2.29. The topological polar surface area (TPSA) is 52.7 Å². The largest absolute Gasteiger partial charge is 0.372 e. The summed E-state index contributed by atoms with van der Waals surface area (Å²) >= 11 is 1.72. The highest BCUT2D eigenvalue weighted by Crippen LogP contribution is 2.47. The van der Waals surface area contributed by atoms with Crippen LogP contribution in [0.15, 0.2) is 24.3 Å². The quantitative estimate of drug-likeness (QED) is 0.890. The van der Waals surface area contributed by atoms with E-state index in [1.165, 1.54) is 0 Å². The minimum Gasteiger partial charge on any atom is -0.372 e. The first-order valence-corrected chi connectivity index (χ1v) is 9.59. The Morgan fingerprint density at radius 3 is 2.62 bits per heavy atom. The molecule has 0 aromatic heterocycles. The summed E-state index contributed by atoms with van der Waals surface area (Å²) in [6.07, 6.45) is 1.38. The number of fused-ring (bicyclic) bond motifs is 1. The molecule has 3 rings (SSSR count). The number of hydrogen-bond donors (Lipinski definition) is 1. The van der Waals surface area contributed by atoms with Gasteiger partial charge in [-0.05, 0) is 51.5 Å². The van der Waals surface area contributed by atoms with Crippen molar-refractivity contribution in [2.45, 2.75) is 44.5 Å². The van der Waals surface area contributed by atoms with Crippen LogP contribution in [0.5, 0.6) is 0 Å². The Labute approximate surface area is 147 Å². The summed E-state index contributed by atoms with van der Waals surface area (Å²) in [4.78, 5) is 28.6. The number of anilines is 2. The zero-order valence-electron chi connectivity index (χ0n) is 14.5. The molecule has 1 aromatic carbocycles. The summed E-state index contributed by atoms with van der Waals surface area (Å²) in [7, 11) is 0. The van der Waals surface area contributed by atoms with Gasteiger partial charge in [-0.3, -0.25) is 9.59 Å². The van der Waals surface area contributed by atoms with Crippen LogP contribution in [0.2, 0.25) is 0 Å². The number of benzene rings is 1. The average molecular weight is 347 g/mol. The lowest BCUT2D eigenvalue weighted by Crippen LogP contribution is -2.48. The van der Waals surface area contributed by atoms with Gasteiger partial charge in [-0.2, -0.15) is 0 Å². The first-order valence-electron chi connectivity index (χ1n) is 8.60. The molecular weight excluding hydrogens is 322 g/mol. The highest BCUT2D eigenvalue weighted by atomic mass is 32.2. The van der Waals surface area contributed by atoms with Gasteiger partial charge < -0.3 is 15.1 Å². The van der Waals surface area contributed by atoms with E-state index in [-0.39, 0.29) is 22.7 Å². The molecule has 1 N–H and O–H groups in total. The Morgan fingerprint density at radius 2 is 2.00 bits per heavy atom. The molecular formula is C18H25N3O2S. The van der Waals surface area contributed by atoms with Crippen LogP contribution < -0.4 is 10.2 Å². The Bertz CT molecular complexity index is 630. The van der Waals surface area contributed by atoms with Crippen molar-refractivity contribution < 1.29 is 9.59 Å². The average Bonchev–Trinajstić information content (AvgIpc) is 3.07. The standard InChI is InChI=1S/C18H25N3O2S/c1-4-20(5-2)14-8-6-13(7-9-14)19-17(23)15-12-24-18(3)11-10-16(22)21(15)18/h6-9,15H,4-5,10-12H2,1-3H3,(H,19,23)/t15-,18-/m0/s1. The molecule has 2 saturated heterocycles. The van der Waals surface area contributed by atoms with Crippen molar-refractivity contribution >= 4 is 35.0 Å². The first-order chi connectivity index (χ1) is 11.5. The summed E-state index contributed by atoms with van der Waals surface area (Å²) in [5, 5.41) is 2.97. The van der Waals surface area contributed by atoms with Crippen molar-refractivity contribution in [2.75, 3.05) is 29.1 Å². The molecule has 2 heterocycles. The second kappa shape index (κ2) is 6.67. The second-order valence-corrected chi connectivity index (χ2v) is 7.98. The zero-order valence-corrected chi connectivity index (χ0v) is 15.4. The highest BCUT2D eigenvalue weighted by molar-refractivity contribution is 8.01. The molecule has 24 heavy (non-hydrogen) atoms. The van der Waals surface area contributed by atoms with E-state index in [0.717, 1.165) is 30.9 Å². The van der Waals surface area contributed by atoms with E-state index in [0.29, 0.717) is 12.2 Å². The normalized spacial score (nSPS) is 25.7. The van der Waals surface area contributed by atoms with E-state index in [1.807, 2.05) is 24.3 Å². The molecule has 2 fully saturated rings. The van der Waals surface area contributed by atoms with Crippen molar-refractivity contribution in [2.24, 2.45) is 0 Å². The van der Waals surface area contributed by atoms with Gasteiger partial charge in [-0.15, -0.1) is 11.8 Å². The summed E-state index contributed by atoms with van der Waals surface area (Å²) in [5.41, 5.74) is 1.93. The van der Waals surface area contributed by atoms with E-state index >= 15 is 0 Å². The predicted molar refractivity (Wildman–Crippen MR) is 99.4 cm³/mol. The molecule has 0 aliphatic carbocycles. The van der Waals surface area contributed by atoms with Gasteiger partial charge in [0.2, 0.25) is 11.8 Å².